The van der Waals surface area contributed by atoms with Gasteiger partial charge in [0.15, 0.2) is 0 Å². The molecule has 84 valence electrons. The van der Waals surface area contributed by atoms with Gasteiger partial charge >= 0.3 is 0 Å². The SMILES string of the molecule is CC(O)(c1ccc(O)cc1)c1ccc(Cl)s1. The molecule has 4 heteroatoms. The highest BCUT2D eigenvalue weighted by Gasteiger charge is 2.27. The maximum absolute atomic E-state index is 10.4. The molecule has 0 saturated carbocycles. The minimum absolute atomic E-state index is 0.184. The highest BCUT2D eigenvalue weighted by molar-refractivity contribution is 7.16. The fraction of sp³-hybridized carbons (Fsp3) is 0.167. The molecule has 0 fully saturated rings. The van der Waals surface area contributed by atoms with Gasteiger partial charge in [-0.2, -0.15) is 0 Å². The highest BCUT2D eigenvalue weighted by atomic mass is 35.5. The van der Waals surface area contributed by atoms with E-state index in [-0.39, 0.29) is 5.75 Å². The van der Waals surface area contributed by atoms with E-state index >= 15 is 0 Å². The summed E-state index contributed by atoms with van der Waals surface area (Å²) in [6.45, 7) is 1.71. The lowest BCUT2D eigenvalue weighted by molar-refractivity contribution is 0.106. The zero-order chi connectivity index (χ0) is 11.8. The molecule has 0 bridgehead atoms. The summed E-state index contributed by atoms with van der Waals surface area (Å²) in [5, 5.41) is 19.6. The number of rotatable bonds is 2. The highest BCUT2D eigenvalue weighted by Crippen LogP contribution is 2.36. The Morgan fingerprint density at radius 2 is 1.75 bits per heavy atom. The second kappa shape index (κ2) is 4.09. The maximum atomic E-state index is 10.4. The van der Waals surface area contributed by atoms with Crippen LogP contribution in [0.3, 0.4) is 0 Å². The van der Waals surface area contributed by atoms with Gasteiger partial charge in [-0.3, -0.25) is 0 Å². The molecule has 2 N–H and O–H groups in total. The molecule has 0 amide bonds. The molecule has 0 aliphatic rings. The molecule has 1 aromatic heterocycles. The number of hydrogen-bond donors (Lipinski definition) is 2. The van der Waals surface area contributed by atoms with Crippen LogP contribution in [0.15, 0.2) is 36.4 Å². The van der Waals surface area contributed by atoms with Crippen molar-refractivity contribution in [3.8, 4) is 5.75 Å². The van der Waals surface area contributed by atoms with Gasteiger partial charge in [-0.1, -0.05) is 23.7 Å². The van der Waals surface area contributed by atoms with E-state index in [0.717, 1.165) is 10.4 Å². The number of aliphatic hydroxyl groups is 1. The summed E-state index contributed by atoms with van der Waals surface area (Å²) in [4.78, 5) is 0.781. The fourth-order valence-corrected chi connectivity index (χ4v) is 2.62. The molecular formula is C12H11ClO2S. The smallest absolute Gasteiger partial charge is 0.121 e. The van der Waals surface area contributed by atoms with Gasteiger partial charge in [-0.05, 0) is 36.8 Å². The maximum Gasteiger partial charge on any atom is 0.121 e. The lowest BCUT2D eigenvalue weighted by atomic mass is 9.94. The summed E-state index contributed by atoms with van der Waals surface area (Å²) in [7, 11) is 0. The van der Waals surface area contributed by atoms with E-state index < -0.39 is 5.60 Å². The first-order valence-electron chi connectivity index (χ1n) is 4.78. The summed E-state index contributed by atoms with van der Waals surface area (Å²) < 4.78 is 0.647. The number of benzene rings is 1. The number of thiophene rings is 1. The number of phenols is 1. The van der Waals surface area contributed by atoms with Crippen LogP contribution in [0.1, 0.15) is 17.4 Å². The molecule has 1 atom stereocenters. The van der Waals surface area contributed by atoms with E-state index in [0.29, 0.717) is 4.34 Å². The van der Waals surface area contributed by atoms with Gasteiger partial charge in [0.25, 0.3) is 0 Å². The minimum atomic E-state index is -1.08. The third-order valence-electron chi connectivity index (χ3n) is 2.48. The molecule has 0 aliphatic carbocycles. The predicted octanol–water partition coefficient (Wildman–Crippen LogP) is 3.36. The first kappa shape index (κ1) is 11.5. The van der Waals surface area contributed by atoms with Crippen LogP contribution >= 0.6 is 22.9 Å². The zero-order valence-electron chi connectivity index (χ0n) is 8.64. The number of phenolic OH excluding ortho intramolecular Hbond substituents is 1. The molecule has 1 aromatic carbocycles. The standard InChI is InChI=1S/C12H11ClO2S/c1-12(15,10-6-7-11(13)16-10)8-2-4-9(14)5-3-8/h2-7,14-15H,1H3. The lowest BCUT2D eigenvalue weighted by Gasteiger charge is -2.22. The molecule has 1 unspecified atom stereocenters. The van der Waals surface area contributed by atoms with Crippen molar-refractivity contribution in [1.82, 2.24) is 0 Å². The molecule has 2 rings (SSSR count). The third kappa shape index (κ3) is 2.07. The lowest BCUT2D eigenvalue weighted by Crippen LogP contribution is -2.20. The van der Waals surface area contributed by atoms with Crippen LogP contribution < -0.4 is 0 Å². The Morgan fingerprint density at radius 3 is 2.25 bits per heavy atom. The summed E-state index contributed by atoms with van der Waals surface area (Å²) in [5.41, 5.74) is -0.352. The van der Waals surface area contributed by atoms with Crippen molar-refractivity contribution in [2.45, 2.75) is 12.5 Å². The molecule has 0 radical (unpaired) electrons. The zero-order valence-corrected chi connectivity index (χ0v) is 10.2. The minimum Gasteiger partial charge on any atom is -0.508 e. The first-order chi connectivity index (χ1) is 7.50. The van der Waals surface area contributed by atoms with Crippen molar-refractivity contribution < 1.29 is 10.2 Å². The van der Waals surface area contributed by atoms with E-state index in [1.165, 1.54) is 11.3 Å². The summed E-state index contributed by atoms with van der Waals surface area (Å²) in [6, 6.07) is 10.1. The fourth-order valence-electron chi connectivity index (χ4n) is 1.50. The molecule has 0 aliphatic heterocycles. The van der Waals surface area contributed by atoms with Crippen molar-refractivity contribution in [1.29, 1.82) is 0 Å². The van der Waals surface area contributed by atoms with Gasteiger partial charge in [0.05, 0.1) is 4.34 Å². The number of aromatic hydroxyl groups is 1. The molecule has 1 heterocycles. The molecule has 2 aromatic rings. The number of halogens is 1. The van der Waals surface area contributed by atoms with Crippen molar-refractivity contribution in [3.63, 3.8) is 0 Å². The Bertz CT molecular complexity index is 488. The summed E-state index contributed by atoms with van der Waals surface area (Å²) in [6.07, 6.45) is 0. The first-order valence-corrected chi connectivity index (χ1v) is 5.97. The second-order valence-electron chi connectivity index (χ2n) is 3.72. The Kier molecular flexibility index (Phi) is 2.93. The Labute approximate surface area is 103 Å². The van der Waals surface area contributed by atoms with Crippen molar-refractivity contribution in [2.24, 2.45) is 0 Å². The quantitative estimate of drug-likeness (QED) is 0.863. The van der Waals surface area contributed by atoms with Crippen LogP contribution in [0.25, 0.3) is 0 Å². The van der Waals surface area contributed by atoms with E-state index in [1.54, 1.807) is 43.3 Å². The molecular weight excluding hydrogens is 244 g/mol. The summed E-state index contributed by atoms with van der Waals surface area (Å²) in [5.74, 6) is 0.184. The van der Waals surface area contributed by atoms with E-state index in [9.17, 15) is 10.2 Å². The van der Waals surface area contributed by atoms with Crippen LogP contribution in [0, 0.1) is 0 Å². The van der Waals surface area contributed by atoms with Crippen molar-refractivity contribution in [2.75, 3.05) is 0 Å². The molecule has 2 nitrogen and oxygen atoms in total. The van der Waals surface area contributed by atoms with Gasteiger partial charge in [0.2, 0.25) is 0 Å². The van der Waals surface area contributed by atoms with Crippen LogP contribution in [0.2, 0.25) is 4.34 Å². The van der Waals surface area contributed by atoms with Crippen LogP contribution in [-0.4, -0.2) is 10.2 Å². The second-order valence-corrected chi connectivity index (χ2v) is 5.44. The van der Waals surface area contributed by atoms with Crippen molar-refractivity contribution >= 4 is 22.9 Å². The third-order valence-corrected chi connectivity index (χ3v) is 3.92. The van der Waals surface area contributed by atoms with Crippen LogP contribution in [0.5, 0.6) is 5.75 Å². The van der Waals surface area contributed by atoms with Gasteiger partial charge in [-0.25, -0.2) is 0 Å². The van der Waals surface area contributed by atoms with Gasteiger partial charge < -0.3 is 10.2 Å². The van der Waals surface area contributed by atoms with Crippen molar-refractivity contribution in [3.05, 3.63) is 51.2 Å². The Morgan fingerprint density at radius 1 is 1.12 bits per heavy atom. The average molecular weight is 255 g/mol. The Balaban J connectivity index is 2.42. The molecule has 0 spiro atoms. The summed E-state index contributed by atoms with van der Waals surface area (Å²) >= 11 is 7.19. The average Bonchev–Trinajstić information content (AvgIpc) is 2.66. The monoisotopic (exact) mass is 254 g/mol. The topological polar surface area (TPSA) is 40.5 Å². The normalized spacial score (nSPS) is 14.7. The van der Waals surface area contributed by atoms with E-state index in [1.807, 2.05) is 0 Å². The van der Waals surface area contributed by atoms with E-state index in [2.05, 4.69) is 0 Å². The van der Waals surface area contributed by atoms with Crippen LogP contribution in [0.4, 0.5) is 0 Å². The predicted molar refractivity (Wildman–Crippen MR) is 66.1 cm³/mol. The van der Waals surface area contributed by atoms with Gasteiger partial charge in [0, 0.05) is 4.88 Å². The largest absolute Gasteiger partial charge is 0.508 e. The molecule has 16 heavy (non-hydrogen) atoms. The van der Waals surface area contributed by atoms with E-state index in [4.69, 9.17) is 11.6 Å². The van der Waals surface area contributed by atoms with Crippen LogP contribution in [-0.2, 0) is 5.60 Å². The van der Waals surface area contributed by atoms with Gasteiger partial charge in [-0.15, -0.1) is 11.3 Å². The van der Waals surface area contributed by atoms with Gasteiger partial charge in [0.1, 0.15) is 11.4 Å². The Hall–Kier alpha value is -1.03. The molecule has 0 saturated heterocycles. The number of hydrogen-bond acceptors (Lipinski definition) is 3.